The number of rotatable bonds is 7. The first-order valence-corrected chi connectivity index (χ1v) is 9.05. The van der Waals surface area contributed by atoms with Gasteiger partial charge in [0.25, 0.3) is 10.1 Å². The fourth-order valence-corrected chi connectivity index (χ4v) is 3.05. The summed E-state index contributed by atoms with van der Waals surface area (Å²) in [6.45, 7) is 2.81. The van der Waals surface area contributed by atoms with E-state index in [9.17, 15) is 8.42 Å². The highest BCUT2D eigenvalue weighted by atomic mass is 32.2. The van der Waals surface area contributed by atoms with E-state index in [1.807, 2.05) is 12.1 Å². The maximum Gasteiger partial charge on any atom is 0.264 e. The van der Waals surface area contributed by atoms with Crippen molar-refractivity contribution < 1.29 is 22.1 Å². The van der Waals surface area contributed by atoms with Crippen LogP contribution in [0.5, 0.6) is 11.5 Å². The molecule has 0 atom stereocenters. The summed E-state index contributed by atoms with van der Waals surface area (Å²) in [6, 6.07) is 4.06. The Kier molecular flexibility index (Phi) is 5.66. The van der Waals surface area contributed by atoms with Gasteiger partial charge in [-0.2, -0.15) is 8.42 Å². The van der Waals surface area contributed by atoms with Crippen molar-refractivity contribution in [1.82, 2.24) is 4.90 Å². The summed E-state index contributed by atoms with van der Waals surface area (Å²) >= 11 is 0. The van der Waals surface area contributed by atoms with E-state index in [1.165, 1.54) is 11.1 Å². The number of nitrogens with zero attached hydrogens (tertiary/aromatic N) is 1. The van der Waals surface area contributed by atoms with Crippen molar-refractivity contribution in [2.45, 2.75) is 19.4 Å². The Morgan fingerprint density at radius 1 is 1.14 bits per heavy atom. The Hall–Kier alpha value is -1.31. The van der Waals surface area contributed by atoms with Crippen molar-refractivity contribution in [2.24, 2.45) is 0 Å². The SMILES string of the molecule is COc1cc2c(cc1OC)CN(CCCOS(C)(=O)=O)CC2. The minimum atomic E-state index is -3.34. The van der Waals surface area contributed by atoms with E-state index < -0.39 is 10.1 Å². The normalized spacial score (nSPS) is 15.4. The summed E-state index contributed by atoms with van der Waals surface area (Å²) in [4.78, 5) is 2.29. The number of hydrogen-bond donors (Lipinski definition) is 0. The molecule has 0 unspecified atom stereocenters. The predicted molar refractivity (Wildman–Crippen MR) is 83.9 cm³/mol. The van der Waals surface area contributed by atoms with Gasteiger partial charge >= 0.3 is 0 Å². The number of hydrogen-bond acceptors (Lipinski definition) is 6. The second kappa shape index (κ2) is 7.30. The lowest BCUT2D eigenvalue weighted by Gasteiger charge is -2.29. The number of methoxy groups -OCH3 is 2. The molecule has 0 bridgehead atoms. The molecule has 124 valence electrons. The third-order valence-electron chi connectivity index (χ3n) is 3.71. The number of ether oxygens (including phenoxy) is 2. The number of benzene rings is 1. The molecule has 0 saturated heterocycles. The highest BCUT2D eigenvalue weighted by Gasteiger charge is 2.19. The van der Waals surface area contributed by atoms with Crippen molar-refractivity contribution in [3.05, 3.63) is 23.3 Å². The smallest absolute Gasteiger partial charge is 0.264 e. The molecule has 0 amide bonds. The molecule has 0 saturated carbocycles. The van der Waals surface area contributed by atoms with Crippen LogP contribution in [0.1, 0.15) is 17.5 Å². The van der Waals surface area contributed by atoms with Crippen LogP contribution in [-0.4, -0.2) is 53.5 Å². The molecule has 0 radical (unpaired) electrons. The van der Waals surface area contributed by atoms with Gasteiger partial charge < -0.3 is 9.47 Å². The van der Waals surface area contributed by atoms with Gasteiger partial charge in [0.05, 0.1) is 27.1 Å². The summed E-state index contributed by atoms with van der Waals surface area (Å²) in [6.07, 6.45) is 2.71. The minimum absolute atomic E-state index is 0.230. The van der Waals surface area contributed by atoms with Crippen LogP contribution in [0.3, 0.4) is 0 Å². The largest absolute Gasteiger partial charge is 0.493 e. The van der Waals surface area contributed by atoms with Gasteiger partial charge in [-0.25, -0.2) is 0 Å². The van der Waals surface area contributed by atoms with Crippen molar-refractivity contribution in [1.29, 1.82) is 0 Å². The zero-order valence-electron chi connectivity index (χ0n) is 13.3. The Bertz CT molecular complexity index is 615. The molecule has 0 fully saturated rings. The molecule has 1 aliphatic heterocycles. The monoisotopic (exact) mass is 329 g/mol. The van der Waals surface area contributed by atoms with Gasteiger partial charge in [0.2, 0.25) is 0 Å². The highest BCUT2D eigenvalue weighted by molar-refractivity contribution is 7.85. The molecular weight excluding hydrogens is 306 g/mol. The van der Waals surface area contributed by atoms with E-state index in [2.05, 4.69) is 4.90 Å². The lowest BCUT2D eigenvalue weighted by atomic mass is 9.98. The lowest BCUT2D eigenvalue weighted by Crippen LogP contribution is -2.32. The Balaban J connectivity index is 1.93. The Morgan fingerprint density at radius 3 is 2.36 bits per heavy atom. The van der Waals surface area contributed by atoms with Crippen LogP contribution in [0.2, 0.25) is 0 Å². The first kappa shape index (κ1) is 17.1. The molecule has 6 nitrogen and oxygen atoms in total. The van der Waals surface area contributed by atoms with Gasteiger partial charge in [-0.15, -0.1) is 0 Å². The first-order valence-electron chi connectivity index (χ1n) is 7.23. The van der Waals surface area contributed by atoms with Crippen LogP contribution >= 0.6 is 0 Å². The van der Waals surface area contributed by atoms with Gasteiger partial charge in [0, 0.05) is 19.6 Å². The zero-order valence-corrected chi connectivity index (χ0v) is 14.1. The molecule has 0 spiro atoms. The molecule has 7 heteroatoms. The van der Waals surface area contributed by atoms with E-state index in [0.29, 0.717) is 6.42 Å². The average molecular weight is 329 g/mol. The second-order valence-electron chi connectivity index (χ2n) is 5.38. The summed E-state index contributed by atoms with van der Waals surface area (Å²) in [5.41, 5.74) is 2.51. The molecule has 1 aliphatic rings. The highest BCUT2D eigenvalue weighted by Crippen LogP contribution is 2.33. The summed E-state index contributed by atoms with van der Waals surface area (Å²) in [7, 11) is -0.0691. The molecule has 0 aromatic heterocycles. The van der Waals surface area contributed by atoms with E-state index in [4.69, 9.17) is 13.7 Å². The third-order valence-corrected chi connectivity index (χ3v) is 4.31. The Morgan fingerprint density at radius 2 is 1.77 bits per heavy atom. The molecule has 2 rings (SSSR count). The average Bonchev–Trinajstić information content (AvgIpc) is 2.49. The molecule has 1 aromatic carbocycles. The molecule has 1 aromatic rings. The minimum Gasteiger partial charge on any atom is -0.493 e. The van der Waals surface area contributed by atoms with Crippen molar-refractivity contribution in [2.75, 3.05) is 40.2 Å². The maximum atomic E-state index is 10.9. The predicted octanol–water partition coefficient (Wildman–Crippen LogP) is 1.43. The third kappa shape index (κ3) is 4.59. The summed E-state index contributed by atoms with van der Waals surface area (Å²) in [5.74, 6) is 1.50. The van der Waals surface area contributed by atoms with E-state index >= 15 is 0 Å². The molecule has 22 heavy (non-hydrogen) atoms. The van der Waals surface area contributed by atoms with Gasteiger partial charge in [-0.1, -0.05) is 0 Å². The van der Waals surface area contributed by atoms with Gasteiger partial charge in [0.1, 0.15) is 0 Å². The van der Waals surface area contributed by atoms with Crippen molar-refractivity contribution in [3.63, 3.8) is 0 Å². The van der Waals surface area contributed by atoms with Gasteiger partial charge in [-0.3, -0.25) is 9.08 Å². The maximum absolute atomic E-state index is 10.9. The van der Waals surface area contributed by atoms with Crippen LogP contribution < -0.4 is 9.47 Å². The molecule has 0 aliphatic carbocycles. The van der Waals surface area contributed by atoms with E-state index in [1.54, 1.807) is 14.2 Å². The van der Waals surface area contributed by atoms with Crippen LogP contribution in [0.15, 0.2) is 12.1 Å². The van der Waals surface area contributed by atoms with Crippen LogP contribution in [-0.2, 0) is 27.3 Å². The summed E-state index contributed by atoms with van der Waals surface area (Å²) < 4.78 is 37.3. The second-order valence-corrected chi connectivity index (χ2v) is 7.03. The van der Waals surface area contributed by atoms with E-state index in [-0.39, 0.29) is 6.61 Å². The zero-order chi connectivity index (χ0) is 16.2. The van der Waals surface area contributed by atoms with Crippen molar-refractivity contribution >= 4 is 10.1 Å². The molecule has 0 N–H and O–H groups in total. The van der Waals surface area contributed by atoms with Gasteiger partial charge in [0.15, 0.2) is 11.5 Å². The standard InChI is InChI=1S/C15H23NO5S/c1-19-14-9-12-5-7-16(6-4-8-21-22(3,17)18)11-13(12)10-15(14)20-2/h9-10H,4-8,11H2,1-3H3. The van der Waals surface area contributed by atoms with Crippen LogP contribution in [0.4, 0.5) is 0 Å². The first-order chi connectivity index (χ1) is 10.4. The molecular formula is C15H23NO5S. The topological polar surface area (TPSA) is 65.1 Å². The lowest BCUT2D eigenvalue weighted by molar-refractivity contribution is 0.223. The van der Waals surface area contributed by atoms with Gasteiger partial charge in [-0.05, 0) is 36.1 Å². The fraction of sp³-hybridized carbons (Fsp3) is 0.600. The summed E-state index contributed by atoms with van der Waals surface area (Å²) in [5, 5.41) is 0. The van der Waals surface area contributed by atoms with Crippen LogP contribution in [0.25, 0.3) is 0 Å². The quantitative estimate of drug-likeness (QED) is 0.557. The number of fused-ring (bicyclic) bond motifs is 1. The Labute approximate surface area is 132 Å². The fourth-order valence-electron chi connectivity index (χ4n) is 2.63. The molecule has 1 heterocycles. The van der Waals surface area contributed by atoms with Crippen LogP contribution in [0, 0.1) is 0 Å². The van der Waals surface area contributed by atoms with Crippen molar-refractivity contribution in [3.8, 4) is 11.5 Å². The van der Waals surface area contributed by atoms with E-state index in [0.717, 1.165) is 43.8 Å².